The second-order valence-corrected chi connectivity index (χ2v) is 10.7. The highest BCUT2D eigenvalue weighted by Gasteiger charge is 2.32. The highest BCUT2D eigenvalue weighted by atomic mass is 32.1. The lowest BCUT2D eigenvalue weighted by Gasteiger charge is -2.43. The van der Waals surface area contributed by atoms with Gasteiger partial charge in [-0.25, -0.2) is 9.82 Å². The van der Waals surface area contributed by atoms with Crippen LogP contribution in [-0.4, -0.2) is 55.3 Å². The van der Waals surface area contributed by atoms with Gasteiger partial charge in [0.1, 0.15) is 5.82 Å². The number of nitrogens with two attached hydrogens (primary N) is 1. The third-order valence-corrected chi connectivity index (χ3v) is 8.49. The number of hydrogen-bond donors (Lipinski definition) is 3. The van der Waals surface area contributed by atoms with Gasteiger partial charge in [-0.1, -0.05) is 33.1 Å². The number of halogens is 1. The number of anilines is 2. The fraction of sp³-hybridized carbons (Fsp3) is 0.731. The largest absolute Gasteiger partial charge is 0.375 e. The van der Waals surface area contributed by atoms with Crippen LogP contribution in [0.4, 0.5) is 15.8 Å². The van der Waals surface area contributed by atoms with Gasteiger partial charge in [-0.05, 0) is 67.4 Å². The van der Waals surface area contributed by atoms with Gasteiger partial charge < -0.3 is 15.5 Å². The van der Waals surface area contributed by atoms with Gasteiger partial charge in [0.05, 0.1) is 5.69 Å². The Labute approximate surface area is 210 Å². The standard InChI is InChI=1S/C26H43FN6S/c1-3-22(4-2)31-11-13-32(14-12-31)25-16-24(21(15-23(25)27)17-29-30-26(28)34)33-10-9-19-7-5-6-8-20(19)18-33/h15-16,19-20,22,29H,3-14,17-18H2,1-2H3,(H3,28,30,34)/t19-,20+/m0/s1. The summed E-state index contributed by atoms with van der Waals surface area (Å²) in [4.78, 5) is 7.33. The molecule has 2 heterocycles. The van der Waals surface area contributed by atoms with Gasteiger partial charge in [0.15, 0.2) is 5.11 Å². The Kier molecular flexibility index (Phi) is 8.88. The Morgan fingerprint density at radius 2 is 1.71 bits per heavy atom. The molecule has 3 aliphatic rings. The number of hydrogen-bond acceptors (Lipinski definition) is 5. The van der Waals surface area contributed by atoms with Crippen molar-refractivity contribution in [2.75, 3.05) is 49.1 Å². The van der Waals surface area contributed by atoms with E-state index in [0.717, 1.165) is 68.0 Å². The number of nitrogens with one attached hydrogen (secondary N) is 2. The summed E-state index contributed by atoms with van der Waals surface area (Å²) in [5, 5.41) is 0.192. The molecule has 3 fully saturated rings. The third-order valence-electron chi connectivity index (χ3n) is 8.38. The summed E-state index contributed by atoms with van der Waals surface area (Å²) in [5.74, 6) is 1.48. The zero-order chi connectivity index (χ0) is 24.1. The summed E-state index contributed by atoms with van der Waals surface area (Å²) in [7, 11) is 0. The molecule has 1 aliphatic carbocycles. The van der Waals surface area contributed by atoms with Crippen LogP contribution in [0.25, 0.3) is 0 Å². The molecule has 0 bridgehead atoms. The van der Waals surface area contributed by atoms with Gasteiger partial charge in [0.2, 0.25) is 0 Å². The van der Waals surface area contributed by atoms with Crippen molar-refractivity contribution in [1.82, 2.24) is 15.8 Å². The highest BCUT2D eigenvalue weighted by molar-refractivity contribution is 7.80. The summed E-state index contributed by atoms with van der Waals surface area (Å²) in [6, 6.07) is 4.47. The molecule has 0 radical (unpaired) electrons. The molecule has 4 N–H and O–H groups in total. The summed E-state index contributed by atoms with van der Waals surface area (Å²) in [6.45, 7) is 10.9. The zero-order valence-corrected chi connectivity index (χ0v) is 21.8. The van der Waals surface area contributed by atoms with E-state index >= 15 is 4.39 Å². The SMILES string of the molecule is CCC(CC)N1CCN(c2cc(N3CC[C@@H]4CCCC[C@@H]4C3)c(CNNC(N)=S)cc2F)CC1. The minimum atomic E-state index is -0.139. The first kappa shape index (κ1) is 25.5. The van der Waals surface area contributed by atoms with Gasteiger partial charge >= 0.3 is 0 Å². The molecule has 0 aromatic heterocycles. The summed E-state index contributed by atoms with van der Waals surface area (Å²) in [5.41, 5.74) is 14.3. The molecule has 1 aromatic carbocycles. The molecule has 6 nitrogen and oxygen atoms in total. The average Bonchev–Trinajstić information content (AvgIpc) is 2.85. The second kappa shape index (κ2) is 11.9. The van der Waals surface area contributed by atoms with Crippen LogP contribution in [0.15, 0.2) is 12.1 Å². The normalized spacial score (nSPS) is 23.8. The van der Waals surface area contributed by atoms with E-state index in [2.05, 4.69) is 45.5 Å². The van der Waals surface area contributed by atoms with Crippen molar-refractivity contribution in [2.24, 2.45) is 17.6 Å². The Bertz CT molecular complexity index is 824. The molecular formula is C26H43FN6S. The molecule has 2 saturated heterocycles. The first-order valence-corrected chi connectivity index (χ1v) is 13.8. The predicted octanol–water partition coefficient (Wildman–Crippen LogP) is 3.99. The molecular weight excluding hydrogens is 447 g/mol. The number of piperidine rings is 1. The number of nitrogens with zero attached hydrogens (tertiary/aromatic N) is 3. The van der Waals surface area contributed by atoms with Crippen LogP contribution in [-0.2, 0) is 6.54 Å². The minimum Gasteiger partial charge on any atom is -0.375 e. The number of hydrazine groups is 1. The third kappa shape index (κ3) is 5.94. The van der Waals surface area contributed by atoms with E-state index in [1.807, 2.05) is 0 Å². The van der Waals surface area contributed by atoms with Crippen molar-refractivity contribution in [1.29, 1.82) is 0 Å². The summed E-state index contributed by atoms with van der Waals surface area (Å²) < 4.78 is 15.5. The lowest BCUT2D eigenvalue weighted by Crippen LogP contribution is -2.50. The number of benzene rings is 1. The molecule has 1 saturated carbocycles. The van der Waals surface area contributed by atoms with Crippen LogP contribution >= 0.6 is 12.2 Å². The van der Waals surface area contributed by atoms with E-state index in [1.54, 1.807) is 6.07 Å². The molecule has 0 amide bonds. The first-order chi connectivity index (χ1) is 16.5. The van der Waals surface area contributed by atoms with Crippen LogP contribution in [0, 0.1) is 17.7 Å². The number of piperazine rings is 1. The molecule has 2 aliphatic heterocycles. The molecule has 0 unspecified atom stereocenters. The van der Waals surface area contributed by atoms with Crippen LogP contribution in [0.5, 0.6) is 0 Å². The average molecular weight is 491 g/mol. The minimum absolute atomic E-state index is 0.139. The number of fused-ring (bicyclic) bond motifs is 1. The Morgan fingerprint density at radius 3 is 2.38 bits per heavy atom. The van der Waals surface area contributed by atoms with Gasteiger partial charge in [-0.3, -0.25) is 10.3 Å². The van der Waals surface area contributed by atoms with Gasteiger partial charge in [-0.15, -0.1) is 0 Å². The van der Waals surface area contributed by atoms with Crippen molar-refractivity contribution in [3.05, 3.63) is 23.5 Å². The van der Waals surface area contributed by atoms with E-state index in [1.165, 1.54) is 44.9 Å². The fourth-order valence-electron chi connectivity index (χ4n) is 6.45. The maximum atomic E-state index is 15.5. The molecule has 1 aromatic rings. The van der Waals surface area contributed by atoms with Crippen molar-refractivity contribution in [2.45, 2.75) is 71.4 Å². The van der Waals surface area contributed by atoms with E-state index in [9.17, 15) is 0 Å². The Morgan fingerprint density at radius 1 is 1.00 bits per heavy atom. The van der Waals surface area contributed by atoms with Crippen LogP contribution in [0.1, 0.15) is 64.4 Å². The quantitative estimate of drug-likeness (QED) is 0.376. The monoisotopic (exact) mass is 490 g/mol. The first-order valence-electron chi connectivity index (χ1n) is 13.3. The summed E-state index contributed by atoms with van der Waals surface area (Å²) >= 11 is 4.92. The van der Waals surface area contributed by atoms with Gasteiger partial charge in [-0.2, -0.15) is 0 Å². The van der Waals surface area contributed by atoms with E-state index in [-0.39, 0.29) is 10.9 Å². The fourth-order valence-corrected chi connectivity index (χ4v) is 6.52. The predicted molar refractivity (Wildman–Crippen MR) is 144 cm³/mol. The van der Waals surface area contributed by atoms with E-state index < -0.39 is 0 Å². The molecule has 4 rings (SSSR count). The van der Waals surface area contributed by atoms with Gasteiger partial charge in [0.25, 0.3) is 0 Å². The van der Waals surface area contributed by atoms with Crippen LogP contribution in [0.2, 0.25) is 0 Å². The van der Waals surface area contributed by atoms with Crippen molar-refractivity contribution < 1.29 is 4.39 Å². The maximum absolute atomic E-state index is 15.5. The van der Waals surface area contributed by atoms with Crippen molar-refractivity contribution >= 4 is 28.7 Å². The topological polar surface area (TPSA) is 59.8 Å². The molecule has 34 heavy (non-hydrogen) atoms. The highest BCUT2D eigenvalue weighted by Crippen LogP contribution is 2.39. The lowest BCUT2D eigenvalue weighted by atomic mass is 9.75. The molecule has 2 atom stereocenters. The summed E-state index contributed by atoms with van der Waals surface area (Å²) in [6.07, 6.45) is 9.01. The van der Waals surface area contributed by atoms with Crippen LogP contribution < -0.4 is 26.4 Å². The lowest BCUT2D eigenvalue weighted by molar-refractivity contribution is 0.175. The molecule has 190 valence electrons. The molecule has 0 spiro atoms. The zero-order valence-electron chi connectivity index (χ0n) is 21.0. The van der Waals surface area contributed by atoms with Crippen molar-refractivity contribution in [3.8, 4) is 0 Å². The molecule has 8 heteroatoms. The van der Waals surface area contributed by atoms with Gasteiger partial charge in [0, 0.05) is 57.5 Å². The maximum Gasteiger partial charge on any atom is 0.178 e. The smallest absolute Gasteiger partial charge is 0.178 e. The Balaban J connectivity index is 1.54. The number of rotatable bonds is 8. The number of thiocarbonyl (C=S) groups is 1. The van der Waals surface area contributed by atoms with E-state index in [4.69, 9.17) is 18.0 Å². The van der Waals surface area contributed by atoms with E-state index in [0.29, 0.717) is 12.6 Å². The second-order valence-electron chi connectivity index (χ2n) is 10.3. The Hall–Kier alpha value is -1.64. The van der Waals surface area contributed by atoms with Crippen LogP contribution in [0.3, 0.4) is 0 Å². The van der Waals surface area contributed by atoms with Crippen molar-refractivity contribution in [3.63, 3.8) is 0 Å².